The van der Waals surface area contributed by atoms with Crippen LogP contribution in [0.3, 0.4) is 0 Å². The summed E-state index contributed by atoms with van der Waals surface area (Å²) >= 11 is 0. The van der Waals surface area contributed by atoms with Gasteiger partial charge in [-0.2, -0.15) is 13.2 Å². The zero-order valence-corrected chi connectivity index (χ0v) is 14.5. The quantitative estimate of drug-likeness (QED) is 0.651. The molecule has 1 aromatic carbocycles. The molecule has 150 valence electrons. The van der Waals surface area contributed by atoms with Crippen LogP contribution in [0.4, 0.5) is 13.2 Å². The lowest BCUT2D eigenvalue weighted by atomic mass is 9.90. The molecule has 1 saturated heterocycles. The topological polar surface area (TPSA) is 79.2 Å². The lowest BCUT2D eigenvalue weighted by Crippen LogP contribution is -2.21. The highest BCUT2D eigenvalue weighted by Crippen LogP contribution is 2.43. The monoisotopic (exact) mass is 388 g/mol. The van der Waals surface area contributed by atoms with Crippen LogP contribution in [0.25, 0.3) is 0 Å². The van der Waals surface area contributed by atoms with Gasteiger partial charge in [0, 0.05) is 12.3 Å². The van der Waals surface area contributed by atoms with E-state index in [2.05, 4.69) is 0 Å². The van der Waals surface area contributed by atoms with Crippen molar-refractivity contribution >= 4 is 0 Å². The van der Waals surface area contributed by atoms with E-state index in [1.54, 1.807) is 6.08 Å². The van der Waals surface area contributed by atoms with Gasteiger partial charge < -0.3 is 24.8 Å². The Bertz CT molecular complexity index is 663. The number of alkyl halides is 3. The molecule has 3 rings (SSSR count). The van der Waals surface area contributed by atoms with E-state index in [1.165, 1.54) is 18.2 Å². The molecule has 2 aliphatic rings. The maximum Gasteiger partial charge on any atom is 0.416 e. The van der Waals surface area contributed by atoms with E-state index in [0.29, 0.717) is 12.8 Å². The maximum atomic E-state index is 12.7. The zero-order chi connectivity index (χ0) is 19.6. The average Bonchev–Trinajstić information content (AvgIpc) is 3.14. The van der Waals surface area contributed by atoms with E-state index < -0.39 is 23.9 Å². The summed E-state index contributed by atoms with van der Waals surface area (Å²) in [7, 11) is 0. The minimum absolute atomic E-state index is 0.0215. The fraction of sp³-hybridized carbons (Fsp3) is 0.579. The van der Waals surface area contributed by atoms with Gasteiger partial charge in [-0.3, -0.25) is 0 Å². The second kappa shape index (κ2) is 8.18. The van der Waals surface area contributed by atoms with Crippen molar-refractivity contribution in [1.82, 2.24) is 0 Å². The fourth-order valence-electron chi connectivity index (χ4n) is 3.82. The lowest BCUT2D eigenvalue weighted by Gasteiger charge is -2.17. The van der Waals surface area contributed by atoms with Gasteiger partial charge in [-0.25, -0.2) is 0 Å². The largest absolute Gasteiger partial charge is 0.491 e. The zero-order valence-electron chi connectivity index (χ0n) is 14.5. The van der Waals surface area contributed by atoms with E-state index >= 15 is 0 Å². The van der Waals surface area contributed by atoms with Crippen molar-refractivity contribution in [2.75, 3.05) is 13.2 Å². The SMILES string of the molecule is OCC1C[C@@H]2[C@@H](/C=C/[C@@H](O)COc3cccc(C(F)(F)F)c3)[C@H](O)C[C@@H]2O1. The molecule has 0 bridgehead atoms. The molecule has 0 aromatic heterocycles. The van der Waals surface area contributed by atoms with Crippen LogP contribution >= 0.6 is 0 Å². The molecule has 2 fully saturated rings. The summed E-state index contributed by atoms with van der Waals surface area (Å²) in [4.78, 5) is 0. The van der Waals surface area contributed by atoms with Crippen molar-refractivity contribution in [2.24, 2.45) is 11.8 Å². The maximum absolute atomic E-state index is 12.7. The molecule has 1 aliphatic heterocycles. The van der Waals surface area contributed by atoms with Gasteiger partial charge in [0.15, 0.2) is 0 Å². The molecular formula is C19H23F3O5. The second-order valence-electron chi connectivity index (χ2n) is 7.05. The normalized spacial score (nSPS) is 32.0. The minimum atomic E-state index is -4.46. The van der Waals surface area contributed by atoms with Crippen molar-refractivity contribution in [3.63, 3.8) is 0 Å². The first-order chi connectivity index (χ1) is 12.8. The Morgan fingerprint density at radius 1 is 1.30 bits per heavy atom. The van der Waals surface area contributed by atoms with E-state index in [9.17, 15) is 28.5 Å². The third-order valence-corrected chi connectivity index (χ3v) is 5.13. The summed E-state index contributed by atoms with van der Waals surface area (Å²) in [6, 6.07) is 4.46. The van der Waals surface area contributed by atoms with Crippen molar-refractivity contribution < 1.29 is 38.0 Å². The van der Waals surface area contributed by atoms with Crippen molar-refractivity contribution in [3.8, 4) is 5.75 Å². The van der Waals surface area contributed by atoms with E-state index in [1.807, 2.05) is 0 Å². The fourth-order valence-corrected chi connectivity index (χ4v) is 3.82. The molecule has 0 amide bonds. The van der Waals surface area contributed by atoms with Gasteiger partial charge >= 0.3 is 6.18 Å². The Hall–Kier alpha value is -1.61. The highest BCUT2D eigenvalue weighted by atomic mass is 19.4. The van der Waals surface area contributed by atoms with Crippen molar-refractivity contribution in [2.45, 2.75) is 43.4 Å². The van der Waals surface area contributed by atoms with E-state index in [0.717, 1.165) is 12.1 Å². The van der Waals surface area contributed by atoms with Gasteiger partial charge in [-0.05, 0) is 30.5 Å². The molecule has 1 aromatic rings. The molecule has 6 atom stereocenters. The summed E-state index contributed by atoms with van der Waals surface area (Å²) in [6.45, 7) is -0.266. The molecule has 0 spiro atoms. The predicted molar refractivity (Wildman–Crippen MR) is 90.1 cm³/mol. The van der Waals surface area contributed by atoms with E-state index in [4.69, 9.17) is 9.47 Å². The Kier molecular flexibility index (Phi) is 6.10. The summed E-state index contributed by atoms with van der Waals surface area (Å²) in [6.07, 6.45) is -2.09. The van der Waals surface area contributed by atoms with Crippen molar-refractivity contribution in [1.29, 1.82) is 0 Å². The number of hydrogen-bond donors (Lipinski definition) is 3. The predicted octanol–water partition coefficient (Wildman–Crippen LogP) is 2.15. The third-order valence-electron chi connectivity index (χ3n) is 5.13. The summed E-state index contributed by atoms with van der Waals surface area (Å²) < 4.78 is 49.0. The first-order valence-electron chi connectivity index (χ1n) is 8.88. The first-order valence-corrected chi connectivity index (χ1v) is 8.88. The van der Waals surface area contributed by atoms with Crippen LogP contribution in [-0.2, 0) is 10.9 Å². The van der Waals surface area contributed by atoms with Crippen molar-refractivity contribution in [3.05, 3.63) is 42.0 Å². The Morgan fingerprint density at radius 2 is 2.07 bits per heavy atom. The number of benzene rings is 1. The Labute approximate surface area is 155 Å². The number of ether oxygens (including phenoxy) is 2. The highest BCUT2D eigenvalue weighted by molar-refractivity contribution is 5.30. The molecule has 0 radical (unpaired) electrons. The number of aliphatic hydroxyl groups excluding tert-OH is 3. The molecule has 1 unspecified atom stereocenters. The number of aliphatic hydroxyl groups is 3. The van der Waals surface area contributed by atoms with Crippen LogP contribution in [0, 0.1) is 11.8 Å². The molecule has 5 nitrogen and oxygen atoms in total. The summed E-state index contributed by atoms with van der Waals surface area (Å²) in [5, 5.41) is 29.4. The number of fused-ring (bicyclic) bond motifs is 1. The van der Waals surface area contributed by atoms with Crippen LogP contribution in [0.1, 0.15) is 18.4 Å². The van der Waals surface area contributed by atoms with Gasteiger partial charge in [0.1, 0.15) is 18.5 Å². The van der Waals surface area contributed by atoms with E-state index in [-0.39, 0.29) is 43.0 Å². The molecule has 1 aliphatic carbocycles. The van der Waals surface area contributed by atoms with Crippen LogP contribution in [-0.4, -0.2) is 52.9 Å². The lowest BCUT2D eigenvalue weighted by molar-refractivity contribution is -0.137. The van der Waals surface area contributed by atoms with Gasteiger partial charge in [0.05, 0.1) is 30.5 Å². The summed E-state index contributed by atoms with van der Waals surface area (Å²) in [5.41, 5.74) is -0.815. The molecular weight excluding hydrogens is 365 g/mol. The number of halogens is 3. The van der Waals surface area contributed by atoms with Crippen LogP contribution in [0.2, 0.25) is 0 Å². The molecule has 1 heterocycles. The highest BCUT2D eigenvalue weighted by Gasteiger charge is 2.47. The van der Waals surface area contributed by atoms with Crippen LogP contribution in [0.5, 0.6) is 5.75 Å². The van der Waals surface area contributed by atoms with Gasteiger partial charge in [0.2, 0.25) is 0 Å². The van der Waals surface area contributed by atoms with Crippen LogP contribution < -0.4 is 4.74 Å². The minimum Gasteiger partial charge on any atom is -0.491 e. The second-order valence-corrected chi connectivity index (χ2v) is 7.05. The van der Waals surface area contributed by atoms with Crippen LogP contribution in [0.15, 0.2) is 36.4 Å². The number of hydrogen-bond acceptors (Lipinski definition) is 5. The van der Waals surface area contributed by atoms with Gasteiger partial charge in [-0.1, -0.05) is 18.2 Å². The molecule has 1 saturated carbocycles. The standard InChI is InChI=1S/C19H23F3O5/c20-19(21,22)11-2-1-3-13(6-11)26-10-12(24)4-5-15-16-7-14(9-23)27-18(16)8-17(15)25/h1-6,12,14-18,23-25H,7-10H2/b5-4+/t12-,14?,15-,16-,17-,18+/m1/s1. The molecule has 27 heavy (non-hydrogen) atoms. The Balaban J connectivity index is 1.54. The first kappa shape index (κ1) is 20.1. The smallest absolute Gasteiger partial charge is 0.416 e. The molecule has 8 heteroatoms. The molecule has 3 N–H and O–H groups in total. The Morgan fingerprint density at radius 3 is 2.78 bits per heavy atom. The van der Waals surface area contributed by atoms with Gasteiger partial charge in [-0.15, -0.1) is 0 Å². The van der Waals surface area contributed by atoms with Gasteiger partial charge in [0.25, 0.3) is 0 Å². The average molecular weight is 388 g/mol. The third kappa shape index (κ3) is 4.82. The number of rotatable bonds is 6. The summed E-state index contributed by atoms with van der Waals surface area (Å²) in [5.74, 6) is -0.104.